The normalized spacial score (nSPS) is 14.2. The number of fused-ring (bicyclic) bond motifs is 1. The summed E-state index contributed by atoms with van der Waals surface area (Å²) in [7, 11) is 3.34. The molecule has 6 nitrogen and oxygen atoms in total. The van der Waals surface area contributed by atoms with Crippen molar-refractivity contribution < 1.29 is 19.4 Å². The first-order chi connectivity index (χ1) is 18.0. The average Bonchev–Trinajstić information content (AvgIpc) is 3.38. The van der Waals surface area contributed by atoms with Crippen LogP contribution in [-0.4, -0.2) is 30.3 Å². The van der Waals surface area contributed by atoms with Gasteiger partial charge in [0.25, 0.3) is 0 Å². The van der Waals surface area contributed by atoms with E-state index in [-0.39, 0.29) is 5.92 Å². The van der Waals surface area contributed by atoms with Gasteiger partial charge in [-0.25, -0.2) is 4.98 Å². The Kier molecular flexibility index (Phi) is 7.08. The minimum atomic E-state index is -0.731. The molecule has 0 spiro atoms. The summed E-state index contributed by atoms with van der Waals surface area (Å²) in [4.78, 5) is 18.8. The number of aromatic nitrogens is 1. The number of carbonyl (C=O) groups is 1. The van der Waals surface area contributed by atoms with Crippen molar-refractivity contribution in [2.45, 2.75) is 25.9 Å². The van der Waals surface area contributed by atoms with Crippen molar-refractivity contribution in [3.05, 3.63) is 107 Å². The third kappa shape index (κ3) is 5.59. The average molecular weight is 495 g/mol. The molecule has 0 fully saturated rings. The highest BCUT2D eigenvalue weighted by molar-refractivity contribution is 5.73. The number of carboxylic acids is 1. The summed E-state index contributed by atoms with van der Waals surface area (Å²) in [5, 5.41) is 9.44. The smallest absolute Gasteiger partial charge is 0.307 e. The highest BCUT2D eigenvalue weighted by Crippen LogP contribution is 2.32. The lowest BCUT2D eigenvalue weighted by Crippen LogP contribution is -2.23. The van der Waals surface area contributed by atoms with Crippen molar-refractivity contribution >= 4 is 11.8 Å². The SMILES string of the molecule is COc1ccc(CN(Cc2ccc(OC)cc2)c2cccc(-c3ccc4c(c3)CC(C(=O)O)C4)n2)cc1. The van der Waals surface area contributed by atoms with Gasteiger partial charge in [-0.1, -0.05) is 42.5 Å². The fourth-order valence-electron chi connectivity index (χ4n) is 4.83. The van der Waals surface area contributed by atoms with E-state index in [1.165, 1.54) is 0 Å². The summed E-state index contributed by atoms with van der Waals surface area (Å²) in [5.41, 5.74) is 6.39. The van der Waals surface area contributed by atoms with Crippen LogP contribution in [0.3, 0.4) is 0 Å². The molecule has 0 radical (unpaired) electrons. The second-order valence-electron chi connectivity index (χ2n) is 9.36. The van der Waals surface area contributed by atoms with Gasteiger partial charge in [-0.2, -0.15) is 0 Å². The molecule has 1 atom stereocenters. The van der Waals surface area contributed by atoms with Gasteiger partial charge in [0.05, 0.1) is 25.8 Å². The summed E-state index contributed by atoms with van der Waals surface area (Å²) in [6.07, 6.45) is 1.16. The molecule has 3 aromatic carbocycles. The zero-order valence-corrected chi connectivity index (χ0v) is 21.1. The van der Waals surface area contributed by atoms with E-state index in [1.807, 2.05) is 48.5 Å². The molecule has 5 rings (SSSR count). The third-order valence-electron chi connectivity index (χ3n) is 6.91. The van der Waals surface area contributed by atoms with Crippen LogP contribution in [-0.2, 0) is 30.7 Å². The Bertz CT molecular complexity index is 1330. The van der Waals surface area contributed by atoms with Crippen LogP contribution in [0.15, 0.2) is 84.9 Å². The summed E-state index contributed by atoms with van der Waals surface area (Å²) in [6.45, 7) is 1.36. The maximum Gasteiger partial charge on any atom is 0.307 e. The Hall–Kier alpha value is -4.32. The van der Waals surface area contributed by atoms with Crippen LogP contribution in [0.25, 0.3) is 11.3 Å². The molecule has 0 saturated heterocycles. The van der Waals surface area contributed by atoms with Crippen molar-refractivity contribution in [2.75, 3.05) is 19.1 Å². The van der Waals surface area contributed by atoms with Crippen LogP contribution in [0.5, 0.6) is 11.5 Å². The first-order valence-electron chi connectivity index (χ1n) is 12.3. The summed E-state index contributed by atoms with van der Waals surface area (Å²) in [5.74, 6) is 1.45. The van der Waals surface area contributed by atoms with Gasteiger partial charge in [-0.05, 0) is 77.6 Å². The Balaban J connectivity index is 1.44. The number of ether oxygens (including phenoxy) is 2. The summed E-state index contributed by atoms with van der Waals surface area (Å²) >= 11 is 0. The minimum Gasteiger partial charge on any atom is -0.497 e. The van der Waals surface area contributed by atoms with Gasteiger partial charge < -0.3 is 19.5 Å². The van der Waals surface area contributed by atoms with Crippen LogP contribution >= 0.6 is 0 Å². The maximum absolute atomic E-state index is 11.5. The van der Waals surface area contributed by atoms with Gasteiger partial charge in [-0.3, -0.25) is 4.79 Å². The second kappa shape index (κ2) is 10.7. The number of hydrogen-bond acceptors (Lipinski definition) is 5. The van der Waals surface area contributed by atoms with Crippen molar-refractivity contribution in [1.29, 1.82) is 0 Å². The molecule has 0 amide bonds. The van der Waals surface area contributed by atoms with Crippen molar-refractivity contribution in [3.63, 3.8) is 0 Å². The Morgan fingerprint density at radius 2 is 1.43 bits per heavy atom. The molecule has 37 heavy (non-hydrogen) atoms. The van der Waals surface area contributed by atoms with E-state index >= 15 is 0 Å². The highest BCUT2D eigenvalue weighted by atomic mass is 16.5. The Labute approximate surface area is 217 Å². The van der Waals surface area contributed by atoms with E-state index in [0.29, 0.717) is 25.9 Å². The summed E-state index contributed by atoms with van der Waals surface area (Å²) in [6, 6.07) is 28.4. The standard InChI is InChI=1S/C31H30N2O4/c1-36-27-12-6-21(7-13-27)19-33(20-22-8-14-28(37-2)15-9-22)30-5-3-4-29(32-30)24-11-10-23-16-26(31(34)35)18-25(23)17-24/h3-15,17,26H,16,18-20H2,1-2H3,(H,34,35). The van der Waals surface area contributed by atoms with Gasteiger partial charge >= 0.3 is 5.97 Å². The number of aliphatic carboxylic acids is 1. The molecular formula is C31H30N2O4. The number of carboxylic acid groups (broad SMARTS) is 1. The number of hydrogen-bond donors (Lipinski definition) is 1. The van der Waals surface area contributed by atoms with Gasteiger partial charge in [0.15, 0.2) is 0 Å². The molecule has 6 heteroatoms. The van der Waals surface area contributed by atoms with Crippen molar-refractivity contribution in [2.24, 2.45) is 5.92 Å². The van der Waals surface area contributed by atoms with Gasteiger partial charge in [-0.15, -0.1) is 0 Å². The molecule has 1 aromatic heterocycles. The number of anilines is 1. The van der Waals surface area contributed by atoms with E-state index in [2.05, 4.69) is 41.3 Å². The molecule has 0 saturated carbocycles. The van der Waals surface area contributed by atoms with E-state index in [1.54, 1.807) is 14.2 Å². The van der Waals surface area contributed by atoms with Gasteiger partial charge in [0, 0.05) is 18.7 Å². The lowest BCUT2D eigenvalue weighted by atomic mass is 10.0. The molecule has 1 aliphatic rings. The Morgan fingerprint density at radius 3 is 2.00 bits per heavy atom. The van der Waals surface area contributed by atoms with E-state index in [4.69, 9.17) is 14.5 Å². The van der Waals surface area contributed by atoms with E-state index in [9.17, 15) is 9.90 Å². The number of rotatable bonds is 9. The number of nitrogens with zero attached hydrogens (tertiary/aromatic N) is 2. The second-order valence-corrected chi connectivity index (χ2v) is 9.36. The van der Waals surface area contributed by atoms with Gasteiger partial charge in [0.2, 0.25) is 0 Å². The van der Waals surface area contributed by atoms with Crippen molar-refractivity contribution in [3.8, 4) is 22.8 Å². The van der Waals surface area contributed by atoms with E-state index in [0.717, 1.165) is 50.8 Å². The van der Waals surface area contributed by atoms with Crippen LogP contribution in [0.2, 0.25) is 0 Å². The highest BCUT2D eigenvalue weighted by Gasteiger charge is 2.27. The monoisotopic (exact) mass is 494 g/mol. The largest absolute Gasteiger partial charge is 0.497 e. The van der Waals surface area contributed by atoms with Gasteiger partial charge in [0.1, 0.15) is 17.3 Å². The Morgan fingerprint density at radius 1 is 0.838 bits per heavy atom. The van der Waals surface area contributed by atoms with Crippen molar-refractivity contribution in [1.82, 2.24) is 4.98 Å². The molecule has 0 aliphatic heterocycles. The topological polar surface area (TPSA) is 71.9 Å². The first-order valence-corrected chi connectivity index (χ1v) is 12.3. The minimum absolute atomic E-state index is 0.339. The molecule has 1 unspecified atom stereocenters. The first kappa shape index (κ1) is 24.4. The molecule has 1 aliphatic carbocycles. The zero-order chi connectivity index (χ0) is 25.8. The number of pyridine rings is 1. The lowest BCUT2D eigenvalue weighted by molar-refractivity contribution is -0.141. The molecule has 1 N–H and O–H groups in total. The van der Waals surface area contributed by atoms with Crippen LogP contribution < -0.4 is 14.4 Å². The molecule has 188 valence electrons. The number of benzene rings is 3. The predicted molar refractivity (Wildman–Crippen MR) is 144 cm³/mol. The van der Waals surface area contributed by atoms with Crippen LogP contribution in [0, 0.1) is 5.92 Å². The fraction of sp³-hybridized carbons (Fsp3) is 0.226. The quantitative estimate of drug-likeness (QED) is 0.318. The predicted octanol–water partition coefficient (Wildman–Crippen LogP) is 5.77. The lowest BCUT2D eigenvalue weighted by Gasteiger charge is -2.25. The fourth-order valence-corrected chi connectivity index (χ4v) is 4.83. The zero-order valence-electron chi connectivity index (χ0n) is 21.1. The third-order valence-corrected chi connectivity index (χ3v) is 6.91. The molecule has 1 heterocycles. The maximum atomic E-state index is 11.5. The van der Waals surface area contributed by atoms with Crippen LogP contribution in [0.4, 0.5) is 5.82 Å². The van der Waals surface area contributed by atoms with E-state index < -0.39 is 5.97 Å². The van der Waals surface area contributed by atoms with Crippen LogP contribution in [0.1, 0.15) is 22.3 Å². The number of methoxy groups -OCH3 is 2. The summed E-state index contributed by atoms with van der Waals surface area (Å²) < 4.78 is 10.6. The molecular weight excluding hydrogens is 464 g/mol. The molecule has 0 bridgehead atoms. The molecule has 4 aromatic rings.